The Labute approximate surface area is 157 Å². The predicted octanol–water partition coefficient (Wildman–Crippen LogP) is 4.74. The Kier molecular flexibility index (Phi) is 6.05. The van der Waals surface area contributed by atoms with E-state index in [4.69, 9.17) is 9.47 Å². The number of benzene rings is 2. The van der Waals surface area contributed by atoms with Crippen LogP contribution in [0.3, 0.4) is 0 Å². The fourth-order valence-electron chi connectivity index (χ4n) is 2.28. The molecule has 0 aliphatic heterocycles. The highest BCUT2D eigenvalue weighted by atomic mass is 19.1. The van der Waals surface area contributed by atoms with Gasteiger partial charge in [0.05, 0.1) is 12.8 Å². The van der Waals surface area contributed by atoms with E-state index in [1.165, 1.54) is 19.2 Å². The van der Waals surface area contributed by atoms with Crippen LogP contribution >= 0.6 is 0 Å². The van der Waals surface area contributed by atoms with E-state index < -0.39 is 23.4 Å². The van der Waals surface area contributed by atoms with E-state index in [2.05, 4.69) is 10.6 Å². The second kappa shape index (κ2) is 8.07. The largest absolute Gasteiger partial charge is 0.496 e. The lowest BCUT2D eigenvalue weighted by atomic mass is 10.1. The number of methoxy groups -OCH3 is 1. The lowest BCUT2D eigenvalue weighted by Gasteiger charge is -2.20. The molecule has 2 aromatic rings. The highest BCUT2D eigenvalue weighted by Gasteiger charge is 2.17. The smallest absolute Gasteiger partial charge is 0.412 e. The number of amides is 2. The number of halogens is 1. The molecule has 2 rings (SSSR count). The van der Waals surface area contributed by atoms with Gasteiger partial charge in [-0.2, -0.15) is 0 Å². The maximum Gasteiger partial charge on any atom is 0.412 e. The van der Waals surface area contributed by atoms with Crippen molar-refractivity contribution in [1.82, 2.24) is 0 Å². The van der Waals surface area contributed by atoms with E-state index in [9.17, 15) is 14.0 Å². The first-order valence-corrected chi connectivity index (χ1v) is 8.34. The Bertz CT molecular complexity index is 860. The molecule has 0 spiro atoms. The zero-order chi connectivity index (χ0) is 20.2. The molecular weight excluding hydrogens is 351 g/mol. The van der Waals surface area contributed by atoms with Crippen molar-refractivity contribution in [2.75, 3.05) is 17.7 Å². The van der Waals surface area contributed by atoms with Gasteiger partial charge in [-0.3, -0.25) is 10.1 Å². The molecule has 0 aromatic heterocycles. The van der Waals surface area contributed by atoms with Gasteiger partial charge in [0.25, 0.3) is 5.91 Å². The number of rotatable bonds is 4. The van der Waals surface area contributed by atoms with Gasteiger partial charge in [-0.15, -0.1) is 0 Å². The zero-order valence-electron chi connectivity index (χ0n) is 16.0. The zero-order valence-corrected chi connectivity index (χ0v) is 16.0. The number of carbonyl (C=O) groups excluding carboxylic acids is 2. The molecule has 27 heavy (non-hydrogen) atoms. The van der Waals surface area contributed by atoms with Crippen LogP contribution in [0, 0.1) is 12.7 Å². The molecule has 2 N–H and O–H groups in total. The van der Waals surface area contributed by atoms with Gasteiger partial charge in [-0.05, 0) is 63.6 Å². The normalized spacial score (nSPS) is 10.9. The third-order valence-electron chi connectivity index (χ3n) is 3.53. The average molecular weight is 374 g/mol. The first-order valence-electron chi connectivity index (χ1n) is 8.34. The van der Waals surface area contributed by atoms with Crippen molar-refractivity contribution < 1.29 is 23.5 Å². The minimum atomic E-state index is -0.672. The molecule has 2 aromatic carbocycles. The van der Waals surface area contributed by atoms with Gasteiger partial charge in [-0.25, -0.2) is 9.18 Å². The minimum absolute atomic E-state index is 0.0619. The highest BCUT2D eigenvalue weighted by molar-refractivity contribution is 6.05. The van der Waals surface area contributed by atoms with Crippen LogP contribution in [-0.4, -0.2) is 24.7 Å². The van der Waals surface area contributed by atoms with E-state index >= 15 is 0 Å². The first kappa shape index (κ1) is 20.2. The number of hydrogen-bond acceptors (Lipinski definition) is 4. The van der Waals surface area contributed by atoms with Gasteiger partial charge in [0.2, 0.25) is 0 Å². The van der Waals surface area contributed by atoms with E-state index in [-0.39, 0.29) is 5.69 Å². The molecular formula is C20H23FN2O4. The Hall–Kier alpha value is -3.09. The molecule has 0 saturated carbocycles. The van der Waals surface area contributed by atoms with Crippen molar-refractivity contribution in [1.29, 1.82) is 0 Å². The van der Waals surface area contributed by atoms with Gasteiger partial charge in [0, 0.05) is 11.3 Å². The fraction of sp³-hybridized carbons (Fsp3) is 0.300. The molecule has 0 aliphatic rings. The van der Waals surface area contributed by atoms with Crippen LogP contribution in [0.1, 0.15) is 36.7 Å². The van der Waals surface area contributed by atoms with Crippen molar-refractivity contribution in [2.45, 2.75) is 33.3 Å². The Morgan fingerprint density at radius 3 is 2.37 bits per heavy atom. The third kappa shape index (κ3) is 5.70. The molecule has 0 fully saturated rings. The Morgan fingerprint density at radius 2 is 1.74 bits per heavy atom. The lowest BCUT2D eigenvalue weighted by Crippen LogP contribution is -2.27. The molecule has 0 bridgehead atoms. The first-order chi connectivity index (χ1) is 12.6. The van der Waals surface area contributed by atoms with Crippen molar-refractivity contribution in [3.05, 3.63) is 53.3 Å². The maximum absolute atomic E-state index is 14.1. The van der Waals surface area contributed by atoms with Crippen molar-refractivity contribution in [3.8, 4) is 5.75 Å². The summed E-state index contributed by atoms with van der Waals surface area (Å²) in [5, 5.41) is 5.00. The standard InChI is InChI=1S/C20H23FN2O4/c1-12-6-7-13(10-17(12)26-5)18(24)23-16-11-14(8-9-15(16)21)22-19(25)27-20(2,3)4/h6-11H,1-5H3,(H,22,25)(H,23,24). The maximum atomic E-state index is 14.1. The second-order valence-corrected chi connectivity index (χ2v) is 6.96. The second-order valence-electron chi connectivity index (χ2n) is 6.96. The van der Waals surface area contributed by atoms with Crippen LogP contribution in [0.25, 0.3) is 0 Å². The van der Waals surface area contributed by atoms with Crippen LogP contribution in [0.15, 0.2) is 36.4 Å². The molecule has 0 unspecified atom stereocenters. The summed E-state index contributed by atoms with van der Waals surface area (Å²) in [5.41, 5.74) is 0.771. The van der Waals surface area contributed by atoms with E-state index in [1.807, 2.05) is 6.92 Å². The molecule has 0 saturated heterocycles. The summed E-state index contributed by atoms with van der Waals surface area (Å²) in [6, 6.07) is 8.79. The number of ether oxygens (including phenoxy) is 2. The molecule has 144 valence electrons. The van der Waals surface area contributed by atoms with E-state index in [0.29, 0.717) is 17.0 Å². The molecule has 0 aliphatic carbocycles. The fourth-order valence-corrected chi connectivity index (χ4v) is 2.28. The van der Waals surface area contributed by atoms with Gasteiger partial charge in [0.1, 0.15) is 17.2 Å². The van der Waals surface area contributed by atoms with Gasteiger partial charge in [0.15, 0.2) is 0 Å². The summed E-state index contributed by atoms with van der Waals surface area (Å²) in [6.45, 7) is 7.06. The molecule has 0 atom stereocenters. The average Bonchev–Trinajstić information content (AvgIpc) is 2.56. The number of hydrogen-bond donors (Lipinski definition) is 2. The van der Waals surface area contributed by atoms with Crippen molar-refractivity contribution in [3.63, 3.8) is 0 Å². The Morgan fingerprint density at radius 1 is 1.04 bits per heavy atom. The number of carbonyl (C=O) groups is 2. The summed E-state index contributed by atoms with van der Waals surface area (Å²) in [7, 11) is 1.51. The molecule has 6 nitrogen and oxygen atoms in total. The summed E-state index contributed by atoms with van der Waals surface area (Å²) in [4.78, 5) is 24.3. The number of anilines is 2. The number of aryl methyl sites for hydroxylation is 1. The molecule has 2 amide bonds. The summed E-state index contributed by atoms with van der Waals surface area (Å²) < 4.78 is 24.4. The lowest BCUT2D eigenvalue weighted by molar-refractivity contribution is 0.0635. The van der Waals surface area contributed by atoms with Crippen LogP contribution < -0.4 is 15.4 Å². The molecule has 0 heterocycles. The van der Waals surface area contributed by atoms with E-state index in [1.54, 1.807) is 39.0 Å². The van der Waals surface area contributed by atoms with E-state index in [0.717, 1.165) is 11.6 Å². The summed E-state index contributed by atoms with van der Waals surface area (Å²) in [5.74, 6) is -0.567. The number of nitrogens with one attached hydrogen (secondary N) is 2. The van der Waals surface area contributed by atoms with Gasteiger partial charge in [-0.1, -0.05) is 6.07 Å². The minimum Gasteiger partial charge on any atom is -0.496 e. The topological polar surface area (TPSA) is 76.7 Å². The summed E-state index contributed by atoms with van der Waals surface area (Å²) >= 11 is 0. The van der Waals surface area contributed by atoms with Crippen LogP contribution in [-0.2, 0) is 4.74 Å². The highest BCUT2D eigenvalue weighted by Crippen LogP contribution is 2.23. The van der Waals surface area contributed by atoms with Crippen LogP contribution in [0.5, 0.6) is 5.75 Å². The van der Waals surface area contributed by atoms with Crippen molar-refractivity contribution in [2.24, 2.45) is 0 Å². The van der Waals surface area contributed by atoms with Crippen molar-refractivity contribution >= 4 is 23.4 Å². The molecule has 7 heteroatoms. The van der Waals surface area contributed by atoms with Crippen LogP contribution in [0.2, 0.25) is 0 Å². The third-order valence-corrected chi connectivity index (χ3v) is 3.53. The predicted molar refractivity (Wildman–Crippen MR) is 102 cm³/mol. The van der Waals surface area contributed by atoms with Gasteiger partial charge >= 0.3 is 6.09 Å². The monoisotopic (exact) mass is 374 g/mol. The SMILES string of the molecule is COc1cc(C(=O)Nc2cc(NC(=O)OC(C)(C)C)ccc2F)ccc1C. The quantitative estimate of drug-likeness (QED) is 0.810. The van der Waals surface area contributed by atoms with Crippen LogP contribution in [0.4, 0.5) is 20.6 Å². The Balaban J connectivity index is 2.16. The summed E-state index contributed by atoms with van der Waals surface area (Å²) in [6.07, 6.45) is -0.672. The van der Waals surface area contributed by atoms with Gasteiger partial charge < -0.3 is 14.8 Å². The molecule has 0 radical (unpaired) electrons.